The quantitative estimate of drug-likeness (QED) is 0.605. The summed E-state index contributed by atoms with van der Waals surface area (Å²) in [5, 5.41) is 1.36. The average molecular weight is 419 g/mol. The number of fused-ring (bicyclic) bond motifs is 6. The molecule has 1 fully saturated rings. The van der Waals surface area contributed by atoms with Gasteiger partial charge in [0.05, 0.1) is 25.5 Å². The number of H-pyrrole nitrogens is 1. The minimum absolute atomic E-state index is 0. The molecule has 4 atom stereocenters. The van der Waals surface area contributed by atoms with Crippen LogP contribution in [0.2, 0.25) is 0 Å². The minimum Gasteiger partial charge on any atom is -0.498 e. The number of methoxy groups -OCH3 is 1. The Labute approximate surface area is 185 Å². The topological polar surface area (TPSA) is 54.6 Å². The lowest BCUT2D eigenvalue weighted by Crippen LogP contribution is -2.49. The molecular weight excluding hydrogens is 376 g/mol. The van der Waals surface area contributed by atoms with Crippen molar-refractivity contribution < 1.29 is 20.0 Å². The third-order valence-electron chi connectivity index (χ3n) is 6.57. The van der Waals surface area contributed by atoms with Crippen molar-refractivity contribution in [1.29, 1.82) is 0 Å². The van der Waals surface area contributed by atoms with E-state index in [2.05, 4.69) is 47.7 Å². The van der Waals surface area contributed by atoms with Crippen LogP contribution >= 0.6 is 0 Å². The number of carbonyl (C=O) groups excluding carboxylic acids is 1. The number of nitrogens with one attached hydrogen (secondary N) is 1. The van der Waals surface area contributed by atoms with E-state index in [4.69, 9.17) is 9.47 Å². The normalized spacial score (nSPS) is 26.6. The van der Waals surface area contributed by atoms with Gasteiger partial charge >= 0.3 is 0 Å². The van der Waals surface area contributed by atoms with Gasteiger partial charge in [0.2, 0.25) is 0 Å². The highest BCUT2D eigenvalue weighted by Gasteiger charge is 2.42. The maximum Gasteiger partial charge on any atom is 0.152 e. The van der Waals surface area contributed by atoms with E-state index in [-0.39, 0.29) is 18.9 Å². The van der Waals surface area contributed by atoms with E-state index in [0.29, 0.717) is 24.0 Å². The summed E-state index contributed by atoms with van der Waals surface area (Å²) >= 11 is 0. The number of nitrogens with zero attached hydrogens (tertiary/aromatic N) is 1. The predicted octanol–water partition coefficient (Wildman–Crippen LogP) is 6.03. The Balaban J connectivity index is 0. The molecule has 3 unspecified atom stereocenters. The second-order valence-corrected chi connectivity index (χ2v) is 8.24. The van der Waals surface area contributed by atoms with Crippen LogP contribution in [0.15, 0.2) is 43.2 Å². The van der Waals surface area contributed by atoms with Gasteiger partial charge in [0, 0.05) is 47.4 Å². The summed E-state index contributed by atoms with van der Waals surface area (Å²) in [5.74, 6) is 2.19. The van der Waals surface area contributed by atoms with Crippen LogP contribution in [0.25, 0.3) is 10.9 Å². The van der Waals surface area contributed by atoms with Crippen LogP contribution in [0.3, 0.4) is 0 Å². The van der Waals surface area contributed by atoms with Crippen molar-refractivity contribution in [3.8, 4) is 5.75 Å². The van der Waals surface area contributed by atoms with E-state index in [9.17, 15) is 4.79 Å². The molecule has 3 aliphatic heterocycles. The molecule has 4 heterocycles. The number of aromatic nitrogens is 1. The van der Waals surface area contributed by atoms with Crippen molar-refractivity contribution in [2.24, 2.45) is 11.8 Å². The Morgan fingerprint density at radius 1 is 1.43 bits per heavy atom. The molecule has 1 saturated heterocycles. The highest BCUT2D eigenvalue weighted by atomic mass is 16.5. The second kappa shape index (κ2) is 9.09. The molecule has 0 saturated carbocycles. The monoisotopic (exact) mass is 418 g/mol. The Kier molecular flexibility index (Phi) is 6.71. The largest absolute Gasteiger partial charge is 0.498 e. The summed E-state index contributed by atoms with van der Waals surface area (Å²) in [5.41, 5.74) is 4.14. The van der Waals surface area contributed by atoms with Crippen LogP contribution in [-0.4, -0.2) is 42.0 Å². The lowest BCUT2D eigenvalue weighted by molar-refractivity contribution is -0.112. The third-order valence-corrected chi connectivity index (χ3v) is 6.57. The summed E-state index contributed by atoms with van der Waals surface area (Å²) in [6, 6.07) is 6.91. The number of aromatic amines is 1. The summed E-state index contributed by atoms with van der Waals surface area (Å²) < 4.78 is 11.1. The number of benzene rings is 1. The number of allylic oxidation sites excluding steroid dienone is 2. The molecule has 1 aromatic carbocycles. The van der Waals surface area contributed by atoms with E-state index < -0.39 is 0 Å². The van der Waals surface area contributed by atoms with Gasteiger partial charge < -0.3 is 14.5 Å². The molecule has 1 aromatic heterocycles. The first-order chi connectivity index (χ1) is 14.0. The lowest BCUT2D eigenvalue weighted by atomic mass is 9.75. The average Bonchev–Trinajstić information content (AvgIpc) is 3.11. The van der Waals surface area contributed by atoms with E-state index in [1.54, 1.807) is 7.11 Å². The van der Waals surface area contributed by atoms with Crippen LogP contribution in [0.1, 0.15) is 50.7 Å². The maximum absolute atomic E-state index is 9.69. The molecule has 0 amide bonds. The number of ether oxygens (including phenoxy) is 2. The fourth-order valence-electron chi connectivity index (χ4n) is 4.94. The molecule has 1 N–H and O–H groups in total. The van der Waals surface area contributed by atoms with Gasteiger partial charge in [-0.3, -0.25) is 9.69 Å². The Morgan fingerprint density at radius 3 is 2.90 bits per heavy atom. The molecule has 0 radical (unpaired) electrons. The van der Waals surface area contributed by atoms with Gasteiger partial charge in [0.1, 0.15) is 5.75 Å². The molecule has 30 heavy (non-hydrogen) atoms. The predicted molar refractivity (Wildman–Crippen MR) is 130 cm³/mol. The van der Waals surface area contributed by atoms with Crippen LogP contribution in [0, 0.1) is 11.8 Å². The SMILES string of the molecule is C.C=CC(C)=O.COc1ccc2c3c([nH]c2c1)C1CC2C=CO[C@H](C)C2CN1CC3.[HH].[HH].[HH].[HH]. The summed E-state index contributed by atoms with van der Waals surface area (Å²) in [4.78, 5) is 16.1. The highest BCUT2D eigenvalue weighted by Crippen LogP contribution is 2.45. The van der Waals surface area contributed by atoms with Gasteiger partial charge in [-0.25, -0.2) is 0 Å². The molecule has 0 aliphatic carbocycles. The van der Waals surface area contributed by atoms with Crippen LogP contribution < -0.4 is 4.74 Å². The highest BCUT2D eigenvalue weighted by molar-refractivity contribution is 5.87. The van der Waals surface area contributed by atoms with Gasteiger partial charge in [0.15, 0.2) is 5.78 Å². The molecule has 2 aromatic rings. The van der Waals surface area contributed by atoms with Gasteiger partial charge in [-0.05, 0) is 62.5 Å². The second-order valence-electron chi connectivity index (χ2n) is 8.24. The standard InChI is InChI=1S/C20H24N2O2.C4H6O.CH4.4H2/c1-12-17-11-22-7-5-16-15-4-3-14(23-2)10-18(15)21-20(16)19(22)9-13(17)6-8-24-12;1-3-4(2)5;;;;;/h3-4,6,8,10,12-13,17,19,21H,5,7,9,11H2,1-2H3;3H,1H2,2H3;1H4;4*1H/t12-,13?,17?,19?;;;;;;/m1....../s1. The fourth-order valence-corrected chi connectivity index (χ4v) is 4.94. The van der Waals surface area contributed by atoms with Crippen LogP contribution in [0.5, 0.6) is 5.75 Å². The van der Waals surface area contributed by atoms with E-state index in [0.717, 1.165) is 25.3 Å². The zero-order chi connectivity index (χ0) is 20.5. The van der Waals surface area contributed by atoms with Crippen molar-refractivity contribution >= 4 is 16.7 Å². The minimum atomic E-state index is 0. The van der Waals surface area contributed by atoms with E-state index in [1.165, 1.54) is 41.6 Å². The van der Waals surface area contributed by atoms with Crippen LogP contribution in [-0.2, 0) is 16.0 Å². The number of piperidine rings is 1. The van der Waals surface area contributed by atoms with Crippen molar-refractivity contribution in [3.05, 3.63) is 54.4 Å². The first-order valence-corrected chi connectivity index (χ1v) is 10.4. The van der Waals surface area contributed by atoms with Crippen molar-refractivity contribution in [2.75, 3.05) is 20.2 Å². The Hall–Kier alpha value is -2.53. The van der Waals surface area contributed by atoms with Crippen molar-refractivity contribution in [3.63, 3.8) is 0 Å². The first kappa shape index (κ1) is 22.2. The molecule has 5 nitrogen and oxygen atoms in total. The number of rotatable bonds is 2. The molecular formula is C25H42N2O3. The molecule has 5 heteroatoms. The smallest absolute Gasteiger partial charge is 0.152 e. The zero-order valence-corrected chi connectivity index (χ0v) is 17.5. The number of hydrogen-bond donors (Lipinski definition) is 1. The summed E-state index contributed by atoms with van der Waals surface area (Å²) in [6.07, 6.45) is 8.12. The fraction of sp³-hybridized carbons (Fsp3) is 0.480. The molecule has 3 aliphatic rings. The number of ketones is 1. The molecule has 5 rings (SSSR count). The number of carbonyl (C=O) groups is 1. The summed E-state index contributed by atoms with van der Waals surface area (Å²) in [6.45, 7) is 9.18. The van der Waals surface area contributed by atoms with Crippen molar-refractivity contribution in [2.45, 2.75) is 46.3 Å². The van der Waals surface area contributed by atoms with Gasteiger partial charge in [0.25, 0.3) is 0 Å². The van der Waals surface area contributed by atoms with Gasteiger partial charge in [-0.1, -0.05) is 14.0 Å². The molecule has 170 valence electrons. The van der Waals surface area contributed by atoms with Gasteiger partial charge in [-0.2, -0.15) is 0 Å². The van der Waals surface area contributed by atoms with Gasteiger partial charge in [-0.15, -0.1) is 0 Å². The van der Waals surface area contributed by atoms with E-state index in [1.807, 2.05) is 6.26 Å². The van der Waals surface area contributed by atoms with E-state index >= 15 is 0 Å². The number of hydrogen-bond acceptors (Lipinski definition) is 4. The first-order valence-electron chi connectivity index (χ1n) is 10.4. The van der Waals surface area contributed by atoms with Crippen LogP contribution in [0.4, 0.5) is 0 Å². The zero-order valence-electron chi connectivity index (χ0n) is 17.5. The third kappa shape index (κ3) is 4.04. The Bertz CT molecular complexity index is 963. The molecule has 0 bridgehead atoms. The van der Waals surface area contributed by atoms with Crippen molar-refractivity contribution in [1.82, 2.24) is 9.88 Å². The Morgan fingerprint density at radius 2 is 2.20 bits per heavy atom. The lowest BCUT2D eigenvalue weighted by Gasteiger charge is -2.48. The molecule has 0 spiro atoms. The maximum atomic E-state index is 9.69. The summed E-state index contributed by atoms with van der Waals surface area (Å²) in [7, 11) is 1.73.